The lowest BCUT2D eigenvalue weighted by molar-refractivity contribution is -0.137. The first-order valence-electron chi connectivity index (χ1n) is 12.1. The Balaban J connectivity index is 1.45. The number of rotatable bonds is 8. The molecule has 0 spiro atoms. The zero-order valence-corrected chi connectivity index (χ0v) is 20.7. The lowest BCUT2D eigenvalue weighted by atomic mass is 9.64. The summed E-state index contributed by atoms with van der Waals surface area (Å²) < 4.78 is 45.1. The molecule has 1 saturated carbocycles. The molecule has 0 amide bonds. The normalized spacial score (nSPS) is 21.8. The van der Waals surface area contributed by atoms with Crippen molar-refractivity contribution >= 4 is 11.6 Å². The molecule has 2 fully saturated rings. The van der Waals surface area contributed by atoms with Gasteiger partial charge in [0.25, 0.3) is 0 Å². The maximum Gasteiger partial charge on any atom is 0.416 e. The van der Waals surface area contributed by atoms with Crippen molar-refractivity contribution in [3.05, 3.63) is 64.7 Å². The summed E-state index contributed by atoms with van der Waals surface area (Å²) >= 11 is 6.12. The average molecular weight is 495 g/mol. The monoisotopic (exact) mass is 494 g/mol. The van der Waals surface area contributed by atoms with Crippen LogP contribution in [0.3, 0.4) is 0 Å². The lowest BCUT2D eigenvalue weighted by Crippen LogP contribution is -2.51. The smallest absolute Gasteiger partial charge is 0.416 e. The minimum absolute atomic E-state index is 0.0811. The third-order valence-electron chi connectivity index (χ3n) is 7.38. The molecule has 186 valence electrons. The Hall–Kier alpha value is -1.76. The maximum atomic E-state index is 12.9. The number of hydrogen-bond acceptors (Lipinski definition) is 3. The van der Waals surface area contributed by atoms with Gasteiger partial charge in [0.15, 0.2) is 0 Å². The van der Waals surface area contributed by atoms with Crippen LogP contribution < -0.4 is 4.74 Å². The van der Waals surface area contributed by atoms with E-state index in [0.29, 0.717) is 11.7 Å². The highest BCUT2D eigenvalue weighted by Gasteiger charge is 2.41. The van der Waals surface area contributed by atoms with Crippen LogP contribution in [0.1, 0.15) is 43.2 Å². The van der Waals surface area contributed by atoms with Crippen LogP contribution in [0, 0.1) is 5.92 Å². The van der Waals surface area contributed by atoms with Gasteiger partial charge in [-0.05, 0) is 88.3 Å². The summed E-state index contributed by atoms with van der Waals surface area (Å²) in [5.74, 6) is 0.814. The lowest BCUT2D eigenvalue weighted by Gasteiger charge is -2.48. The Labute approximate surface area is 205 Å². The standard InChI is InChI=1S/C27H34ClF3N2O/c1-32(2)18-25(34-24-12-8-22(9-13-24)27(29,30)31)20-5-3-16-33(17-20)19-26(14-4-15-26)21-6-10-23(28)11-7-21/h6-13,20,25H,3-5,14-19H2,1-2H3. The molecular weight excluding hydrogens is 461 g/mol. The minimum Gasteiger partial charge on any atom is -0.489 e. The number of ether oxygens (including phenoxy) is 1. The maximum absolute atomic E-state index is 12.9. The van der Waals surface area contributed by atoms with Crippen molar-refractivity contribution < 1.29 is 17.9 Å². The molecule has 2 aromatic rings. The van der Waals surface area contributed by atoms with Crippen LogP contribution >= 0.6 is 11.6 Å². The second-order valence-electron chi connectivity index (χ2n) is 10.2. The summed E-state index contributed by atoms with van der Waals surface area (Å²) in [4.78, 5) is 4.66. The Kier molecular flexibility index (Phi) is 7.80. The van der Waals surface area contributed by atoms with Gasteiger partial charge in [0, 0.05) is 36.0 Å². The Morgan fingerprint density at radius 3 is 2.29 bits per heavy atom. The molecule has 2 aliphatic rings. The molecular formula is C27H34ClF3N2O. The van der Waals surface area contributed by atoms with E-state index in [1.165, 1.54) is 37.0 Å². The van der Waals surface area contributed by atoms with Gasteiger partial charge in [-0.1, -0.05) is 30.2 Å². The van der Waals surface area contributed by atoms with E-state index in [1.807, 2.05) is 26.2 Å². The van der Waals surface area contributed by atoms with Gasteiger partial charge in [-0.3, -0.25) is 0 Å². The van der Waals surface area contributed by atoms with Crippen molar-refractivity contribution in [1.29, 1.82) is 0 Å². The summed E-state index contributed by atoms with van der Waals surface area (Å²) in [5.41, 5.74) is 0.912. The molecule has 7 heteroatoms. The molecule has 34 heavy (non-hydrogen) atoms. The van der Waals surface area contributed by atoms with Gasteiger partial charge in [-0.2, -0.15) is 13.2 Å². The van der Waals surface area contributed by atoms with E-state index in [1.54, 1.807) is 0 Å². The molecule has 2 atom stereocenters. The minimum atomic E-state index is -4.34. The first kappa shape index (κ1) is 25.3. The second-order valence-corrected chi connectivity index (χ2v) is 10.7. The van der Waals surface area contributed by atoms with E-state index < -0.39 is 11.7 Å². The topological polar surface area (TPSA) is 15.7 Å². The van der Waals surface area contributed by atoms with Crippen molar-refractivity contribution in [2.24, 2.45) is 5.92 Å². The third-order valence-corrected chi connectivity index (χ3v) is 7.63. The van der Waals surface area contributed by atoms with E-state index in [2.05, 4.69) is 21.9 Å². The number of likely N-dealkylation sites (N-methyl/N-ethyl adjacent to an activating group) is 1. The molecule has 0 N–H and O–H groups in total. The molecule has 4 rings (SSSR count). The molecule has 1 saturated heterocycles. The van der Waals surface area contributed by atoms with Crippen molar-refractivity contribution in [3.63, 3.8) is 0 Å². The number of hydrogen-bond donors (Lipinski definition) is 0. The zero-order valence-electron chi connectivity index (χ0n) is 20.0. The molecule has 0 radical (unpaired) electrons. The Morgan fingerprint density at radius 2 is 1.74 bits per heavy atom. The highest BCUT2D eigenvalue weighted by atomic mass is 35.5. The van der Waals surface area contributed by atoms with Crippen LogP contribution in [0.25, 0.3) is 0 Å². The Bertz CT molecular complexity index is 926. The highest BCUT2D eigenvalue weighted by molar-refractivity contribution is 6.30. The van der Waals surface area contributed by atoms with Crippen LogP contribution in [0.4, 0.5) is 13.2 Å². The van der Waals surface area contributed by atoms with Crippen LogP contribution in [-0.4, -0.2) is 56.2 Å². The zero-order chi connectivity index (χ0) is 24.3. The number of benzene rings is 2. The van der Waals surface area contributed by atoms with Gasteiger partial charge in [0.2, 0.25) is 0 Å². The van der Waals surface area contributed by atoms with Gasteiger partial charge in [-0.25, -0.2) is 0 Å². The number of likely N-dealkylation sites (tertiary alicyclic amines) is 1. The largest absolute Gasteiger partial charge is 0.489 e. The predicted octanol–water partition coefficient (Wildman–Crippen LogP) is 6.50. The van der Waals surface area contributed by atoms with Gasteiger partial charge < -0.3 is 14.5 Å². The van der Waals surface area contributed by atoms with E-state index in [-0.39, 0.29) is 11.5 Å². The molecule has 1 aliphatic carbocycles. The Morgan fingerprint density at radius 1 is 1.06 bits per heavy atom. The van der Waals surface area contributed by atoms with E-state index in [0.717, 1.165) is 56.2 Å². The summed E-state index contributed by atoms with van der Waals surface area (Å²) in [7, 11) is 4.02. The van der Waals surface area contributed by atoms with Crippen molar-refractivity contribution in [2.75, 3.05) is 40.3 Å². The van der Waals surface area contributed by atoms with Gasteiger partial charge in [-0.15, -0.1) is 0 Å². The first-order chi connectivity index (χ1) is 16.1. The van der Waals surface area contributed by atoms with Crippen molar-refractivity contribution in [2.45, 2.75) is 49.8 Å². The summed E-state index contributed by atoms with van der Waals surface area (Å²) in [6.45, 7) is 3.76. The predicted molar refractivity (Wildman–Crippen MR) is 131 cm³/mol. The van der Waals surface area contributed by atoms with E-state index in [9.17, 15) is 13.2 Å². The van der Waals surface area contributed by atoms with Crippen LogP contribution in [0.2, 0.25) is 5.02 Å². The molecule has 1 heterocycles. The van der Waals surface area contributed by atoms with Gasteiger partial charge in [0.1, 0.15) is 11.9 Å². The van der Waals surface area contributed by atoms with Crippen LogP contribution in [0.15, 0.2) is 48.5 Å². The first-order valence-corrected chi connectivity index (χ1v) is 12.5. The molecule has 2 aromatic carbocycles. The fourth-order valence-electron chi connectivity index (χ4n) is 5.45. The molecule has 3 nitrogen and oxygen atoms in total. The molecule has 2 unspecified atom stereocenters. The van der Waals surface area contributed by atoms with Gasteiger partial charge in [0.05, 0.1) is 5.56 Å². The quantitative estimate of drug-likeness (QED) is 0.416. The van der Waals surface area contributed by atoms with Crippen molar-refractivity contribution in [1.82, 2.24) is 9.80 Å². The van der Waals surface area contributed by atoms with Crippen LogP contribution in [-0.2, 0) is 11.6 Å². The molecule has 0 aromatic heterocycles. The fraction of sp³-hybridized carbons (Fsp3) is 0.556. The summed E-state index contributed by atoms with van der Waals surface area (Å²) in [5, 5.41) is 0.767. The van der Waals surface area contributed by atoms with E-state index >= 15 is 0 Å². The molecule has 1 aliphatic heterocycles. The number of alkyl halides is 3. The van der Waals surface area contributed by atoms with Crippen LogP contribution in [0.5, 0.6) is 5.75 Å². The molecule has 0 bridgehead atoms. The second kappa shape index (κ2) is 10.5. The van der Waals surface area contributed by atoms with E-state index in [4.69, 9.17) is 16.3 Å². The number of nitrogens with zero attached hydrogens (tertiary/aromatic N) is 2. The van der Waals surface area contributed by atoms with Crippen molar-refractivity contribution in [3.8, 4) is 5.75 Å². The van der Waals surface area contributed by atoms with Gasteiger partial charge >= 0.3 is 6.18 Å². The fourth-order valence-corrected chi connectivity index (χ4v) is 5.58. The summed E-state index contributed by atoms with van der Waals surface area (Å²) in [6, 6.07) is 13.4. The summed E-state index contributed by atoms with van der Waals surface area (Å²) in [6.07, 6.45) is 1.37. The highest BCUT2D eigenvalue weighted by Crippen LogP contribution is 2.45. The number of halogens is 4. The number of piperidine rings is 1. The SMILES string of the molecule is CN(C)CC(Oc1ccc(C(F)(F)F)cc1)C1CCCN(CC2(c3ccc(Cl)cc3)CCC2)C1. The average Bonchev–Trinajstić information content (AvgIpc) is 2.76. The third kappa shape index (κ3) is 6.07.